The fourth-order valence-corrected chi connectivity index (χ4v) is 4.09. The summed E-state index contributed by atoms with van der Waals surface area (Å²) < 4.78 is 12.4. The van der Waals surface area contributed by atoms with Crippen LogP contribution in [0.25, 0.3) is 5.78 Å². The van der Waals surface area contributed by atoms with Gasteiger partial charge in [-0.05, 0) is 56.3 Å². The van der Waals surface area contributed by atoms with Crippen molar-refractivity contribution in [1.29, 1.82) is 0 Å². The number of aryl methyl sites for hydroxylation is 1. The summed E-state index contributed by atoms with van der Waals surface area (Å²) >= 11 is 1.58. The molecule has 0 spiro atoms. The minimum Gasteiger partial charge on any atom is -0.454 e. The smallest absolute Gasteiger partial charge is 0.255 e. The number of fused-ring (bicyclic) bond motifs is 2. The zero-order valence-corrected chi connectivity index (χ0v) is 17.1. The zero-order chi connectivity index (χ0) is 20.7. The quantitative estimate of drug-likeness (QED) is 0.502. The lowest BCUT2D eigenvalue weighted by Crippen LogP contribution is -2.11. The molecule has 1 aliphatic rings. The molecule has 1 N–H and O–H groups in total. The summed E-state index contributed by atoms with van der Waals surface area (Å²) in [5.41, 5.74) is 3.19. The first-order valence-electron chi connectivity index (χ1n) is 9.24. The fourth-order valence-electron chi connectivity index (χ4n) is 3.08. The van der Waals surface area contributed by atoms with E-state index < -0.39 is 0 Å². The molecule has 9 heteroatoms. The number of carbonyl (C=O) groups is 1. The van der Waals surface area contributed by atoms with Crippen LogP contribution >= 0.6 is 11.8 Å². The molecular formula is C21H17N5O3S. The molecule has 0 atom stereocenters. The Hall–Kier alpha value is -3.59. The molecule has 4 aromatic rings. The number of carbonyl (C=O) groups excluding carboxylic acids is 1. The van der Waals surface area contributed by atoms with E-state index in [0.717, 1.165) is 21.2 Å². The third-order valence-electron chi connectivity index (χ3n) is 4.81. The molecule has 2 aromatic heterocycles. The fraction of sp³-hybridized carbons (Fsp3) is 0.143. The molecule has 0 unspecified atom stereocenters. The molecule has 5 rings (SSSR count). The summed E-state index contributed by atoms with van der Waals surface area (Å²) in [7, 11) is 0. The predicted molar refractivity (Wildman–Crippen MR) is 111 cm³/mol. The van der Waals surface area contributed by atoms with E-state index in [2.05, 4.69) is 20.4 Å². The number of nitrogens with one attached hydrogen (secondary N) is 1. The Bertz CT molecular complexity index is 1270. The summed E-state index contributed by atoms with van der Waals surface area (Å²) in [6, 6.07) is 12.8. The second kappa shape index (κ2) is 7.34. The van der Waals surface area contributed by atoms with Gasteiger partial charge in [-0.1, -0.05) is 11.8 Å². The van der Waals surface area contributed by atoms with Crippen LogP contribution in [0.15, 0.2) is 58.7 Å². The predicted octanol–water partition coefficient (Wildman–Crippen LogP) is 3.87. The van der Waals surface area contributed by atoms with Crippen LogP contribution in [0.2, 0.25) is 0 Å². The van der Waals surface area contributed by atoms with Crippen molar-refractivity contribution in [3.63, 3.8) is 0 Å². The Morgan fingerprint density at radius 3 is 2.73 bits per heavy atom. The molecule has 30 heavy (non-hydrogen) atoms. The summed E-state index contributed by atoms with van der Waals surface area (Å²) in [4.78, 5) is 22.2. The van der Waals surface area contributed by atoms with Crippen LogP contribution in [-0.4, -0.2) is 32.3 Å². The lowest BCUT2D eigenvalue weighted by Gasteiger charge is -2.10. The number of rotatable bonds is 4. The Balaban J connectivity index is 1.33. The normalized spacial score (nSPS) is 12.3. The van der Waals surface area contributed by atoms with Gasteiger partial charge in [0.25, 0.3) is 11.7 Å². The number of ether oxygens (including phenoxy) is 2. The van der Waals surface area contributed by atoms with Crippen molar-refractivity contribution >= 4 is 29.1 Å². The molecule has 3 heterocycles. The van der Waals surface area contributed by atoms with Gasteiger partial charge in [0.05, 0.1) is 0 Å². The van der Waals surface area contributed by atoms with E-state index in [1.165, 1.54) is 6.33 Å². The standard InChI is InChI=1S/C21H17N5O3S/c1-12-13(2)24-21-22-10-23-26(21)20(12)30-16-6-4-15(5-7-16)25-19(27)14-3-8-17-18(9-14)29-11-28-17/h3-10H,11H2,1-2H3,(H,25,27). The van der Waals surface area contributed by atoms with E-state index in [1.807, 2.05) is 38.1 Å². The number of amides is 1. The van der Waals surface area contributed by atoms with Crippen molar-refractivity contribution in [3.8, 4) is 11.5 Å². The van der Waals surface area contributed by atoms with Gasteiger partial charge in [-0.25, -0.2) is 4.98 Å². The maximum atomic E-state index is 12.6. The van der Waals surface area contributed by atoms with Crippen molar-refractivity contribution in [3.05, 3.63) is 65.6 Å². The van der Waals surface area contributed by atoms with Crippen LogP contribution in [0.1, 0.15) is 21.6 Å². The van der Waals surface area contributed by atoms with Crippen LogP contribution < -0.4 is 14.8 Å². The van der Waals surface area contributed by atoms with Gasteiger partial charge in [-0.15, -0.1) is 0 Å². The van der Waals surface area contributed by atoms with Crippen LogP contribution in [0.3, 0.4) is 0 Å². The number of nitrogens with zero attached hydrogens (tertiary/aromatic N) is 4. The Kier molecular flexibility index (Phi) is 4.51. The average molecular weight is 419 g/mol. The van der Waals surface area contributed by atoms with Crippen LogP contribution in [0, 0.1) is 13.8 Å². The van der Waals surface area contributed by atoms with Gasteiger partial charge in [-0.3, -0.25) is 4.79 Å². The largest absolute Gasteiger partial charge is 0.454 e. The van der Waals surface area contributed by atoms with E-state index in [9.17, 15) is 4.79 Å². The average Bonchev–Trinajstić information content (AvgIpc) is 3.41. The molecule has 1 aliphatic heterocycles. The highest BCUT2D eigenvalue weighted by Gasteiger charge is 2.17. The van der Waals surface area contributed by atoms with E-state index >= 15 is 0 Å². The van der Waals surface area contributed by atoms with Crippen LogP contribution in [-0.2, 0) is 0 Å². The minimum absolute atomic E-state index is 0.177. The van der Waals surface area contributed by atoms with Gasteiger partial charge in [0, 0.05) is 27.4 Å². The molecule has 0 radical (unpaired) electrons. The molecule has 2 aromatic carbocycles. The topological polar surface area (TPSA) is 90.6 Å². The minimum atomic E-state index is -0.210. The van der Waals surface area contributed by atoms with E-state index in [-0.39, 0.29) is 12.7 Å². The summed E-state index contributed by atoms with van der Waals surface area (Å²) in [6.07, 6.45) is 1.50. The van der Waals surface area contributed by atoms with Gasteiger partial charge in [-0.2, -0.15) is 14.6 Å². The third-order valence-corrected chi connectivity index (χ3v) is 6.00. The molecule has 0 saturated carbocycles. The highest BCUT2D eigenvalue weighted by Crippen LogP contribution is 2.33. The monoisotopic (exact) mass is 419 g/mol. The number of hydrogen-bond acceptors (Lipinski definition) is 7. The zero-order valence-electron chi connectivity index (χ0n) is 16.2. The molecule has 1 amide bonds. The van der Waals surface area contributed by atoms with Crippen LogP contribution in [0.5, 0.6) is 11.5 Å². The van der Waals surface area contributed by atoms with E-state index in [4.69, 9.17) is 9.47 Å². The third kappa shape index (κ3) is 3.33. The van der Waals surface area contributed by atoms with Gasteiger partial charge in [0.15, 0.2) is 11.5 Å². The van der Waals surface area contributed by atoms with E-state index in [0.29, 0.717) is 28.5 Å². The van der Waals surface area contributed by atoms with Gasteiger partial charge in [0.1, 0.15) is 11.4 Å². The number of benzene rings is 2. The Labute approximate surface area is 176 Å². The first kappa shape index (κ1) is 18.4. The molecule has 0 aliphatic carbocycles. The van der Waals surface area contributed by atoms with Gasteiger partial charge in [0.2, 0.25) is 6.79 Å². The summed E-state index contributed by atoms with van der Waals surface area (Å²) in [5.74, 6) is 1.60. The lowest BCUT2D eigenvalue weighted by atomic mass is 10.2. The highest BCUT2D eigenvalue weighted by atomic mass is 32.2. The number of hydrogen-bond donors (Lipinski definition) is 1. The van der Waals surface area contributed by atoms with Gasteiger partial charge >= 0.3 is 0 Å². The van der Waals surface area contributed by atoms with Crippen LogP contribution in [0.4, 0.5) is 5.69 Å². The van der Waals surface area contributed by atoms with Crippen molar-refractivity contribution in [2.75, 3.05) is 12.1 Å². The summed E-state index contributed by atoms with van der Waals surface area (Å²) in [5, 5.41) is 8.15. The molecule has 150 valence electrons. The van der Waals surface area contributed by atoms with Crippen molar-refractivity contribution in [1.82, 2.24) is 19.6 Å². The van der Waals surface area contributed by atoms with Crippen molar-refractivity contribution < 1.29 is 14.3 Å². The molecule has 0 saturated heterocycles. The number of aromatic nitrogens is 4. The van der Waals surface area contributed by atoms with Crippen molar-refractivity contribution in [2.45, 2.75) is 23.8 Å². The Morgan fingerprint density at radius 1 is 1.10 bits per heavy atom. The maximum Gasteiger partial charge on any atom is 0.255 e. The SMILES string of the molecule is Cc1nc2ncnn2c(Sc2ccc(NC(=O)c3ccc4c(c3)OCO4)cc2)c1C. The van der Waals surface area contributed by atoms with Crippen molar-refractivity contribution in [2.24, 2.45) is 0 Å². The molecule has 0 fully saturated rings. The maximum absolute atomic E-state index is 12.6. The highest BCUT2D eigenvalue weighted by molar-refractivity contribution is 7.99. The second-order valence-corrected chi connectivity index (χ2v) is 7.81. The van der Waals surface area contributed by atoms with E-state index in [1.54, 1.807) is 34.5 Å². The lowest BCUT2D eigenvalue weighted by molar-refractivity contribution is 0.102. The molecular weight excluding hydrogens is 402 g/mol. The first-order chi connectivity index (χ1) is 14.6. The van der Waals surface area contributed by atoms with Gasteiger partial charge < -0.3 is 14.8 Å². The molecule has 8 nitrogen and oxygen atoms in total. The molecule has 0 bridgehead atoms. The second-order valence-electron chi connectivity index (χ2n) is 6.75. The summed E-state index contributed by atoms with van der Waals surface area (Å²) in [6.45, 7) is 4.16. The Morgan fingerprint density at radius 2 is 1.90 bits per heavy atom. The first-order valence-corrected chi connectivity index (χ1v) is 10.1. The number of anilines is 1.